The van der Waals surface area contributed by atoms with E-state index >= 15 is 0 Å². The third kappa shape index (κ3) is 9.13. The van der Waals surface area contributed by atoms with Crippen molar-refractivity contribution in [1.29, 1.82) is 0 Å². The minimum absolute atomic E-state index is 0.0326. The largest absolute Gasteiger partial charge is 0.481 e. The molecule has 4 N–H and O–H groups in total. The van der Waals surface area contributed by atoms with E-state index in [4.69, 9.17) is 5.11 Å². The van der Waals surface area contributed by atoms with E-state index in [2.05, 4.69) is 10.6 Å². The molecule has 8 heteroatoms. The highest BCUT2D eigenvalue weighted by Gasteiger charge is 2.08. The van der Waals surface area contributed by atoms with Gasteiger partial charge in [0, 0.05) is 32.9 Å². The molecule has 0 saturated heterocycles. The summed E-state index contributed by atoms with van der Waals surface area (Å²) in [4.78, 5) is 43.3. The molecule has 0 aliphatic carbocycles. The van der Waals surface area contributed by atoms with Crippen LogP contribution in [0.3, 0.4) is 0 Å². The quantitative estimate of drug-likeness (QED) is 0.476. The number of aliphatic carboxylic acids is 1. The number of rotatable bonds is 7. The maximum atomic E-state index is 11.1. The molecule has 0 heterocycles. The lowest BCUT2D eigenvalue weighted by molar-refractivity contribution is -0.137. The van der Waals surface area contributed by atoms with Gasteiger partial charge in [-0.25, -0.2) is 4.79 Å². The second kappa shape index (κ2) is 8.97. The molecule has 0 aliphatic heterocycles. The zero-order valence-electron chi connectivity index (χ0n) is 10.1. The first-order valence-corrected chi connectivity index (χ1v) is 5.45. The Morgan fingerprint density at radius 1 is 1.00 bits per heavy atom. The molecule has 0 aromatic rings. The number of imide groups is 1. The monoisotopic (exact) mass is 259 g/mol. The van der Waals surface area contributed by atoms with Crippen LogP contribution in [0.15, 0.2) is 0 Å². The minimum Gasteiger partial charge on any atom is -0.481 e. The van der Waals surface area contributed by atoms with Gasteiger partial charge in [0.05, 0.1) is 0 Å². The van der Waals surface area contributed by atoms with Crippen LogP contribution in [0.5, 0.6) is 0 Å². The molecule has 4 amide bonds. The molecule has 0 atom stereocenters. The Balaban J connectivity index is 3.64. The number of carboxylic acids is 1. The van der Waals surface area contributed by atoms with E-state index in [0.717, 1.165) is 0 Å². The number of carbonyl (C=O) groups is 4. The van der Waals surface area contributed by atoms with Crippen molar-refractivity contribution in [1.82, 2.24) is 16.0 Å². The fourth-order valence-corrected chi connectivity index (χ4v) is 1.05. The van der Waals surface area contributed by atoms with E-state index in [1.807, 2.05) is 5.32 Å². The van der Waals surface area contributed by atoms with Crippen LogP contribution >= 0.6 is 0 Å². The first-order valence-electron chi connectivity index (χ1n) is 5.45. The third-order valence-electron chi connectivity index (χ3n) is 1.96. The summed E-state index contributed by atoms with van der Waals surface area (Å²) < 4.78 is 0. The van der Waals surface area contributed by atoms with Crippen molar-refractivity contribution in [3.8, 4) is 0 Å². The average Bonchev–Trinajstić information content (AvgIpc) is 2.28. The standard InChI is InChI=1S/C10H17N3O5/c1-11-7(14)5-6-12-10(18)13-8(15)3-2-4-9(16)17/h2-6H2,1H3,(H,11,14)(H,16,17)(H2,12,13,15,18). The van der Waals surface area contributed by atoms with Crippen molar-refractivity contribution in [3.05, 3.63) is 0 Å². The molecule has 8 nitrogen and oxygen atoms in total. The number of urea groups is 1. The third-order valence-corrected chi connectivity index (χ3v) is 1.96. The van der Waals surface area contributed by atoms with Gasteiger partial charge in [-0.1, -0.05) is 0 Å². The molecular formula is C10H17N3O5. The predicted octanol–water partition coefficient (Wildman–Crippen LogP) is -0.797. The van der Waals surface area contributed by atoms with Crippen molar-refractivity contribution in [2.75, 3.05) is 13.6 Å². The average molecular weight is 259 g/mol. The van der Waals surface area contributed by atoms with Crippen molar-refractivity contribution < 1.29 is 24.3 Å². The van der Waals surface area contributed by atoms with Crippen LogP contribution in [0, 0.1) is 0 Å². The smallest absolute Gasteiger partial charge is 0.321 e. The van der Waals surface area contributed by atoms with Gasteiger partial charge in [-0.15, -0.1) is 0 Å². The summed E-state index contributed by atoms with van der Waals surface area (Å²) in [7, 11) is 1.48. The van der Waals surface area contributed by atoms with Crippen molar-refractivity contribution in [3.63, 3.8) is 0 Å². The van der Waals surface area contributed by atoms with Gasteiger partial charge in [0.25, 0.3) is 0 Å². The van der Waals surface area contributed by atoms with Gasteiger partial charge in [0.15, 0.2) is 0 Å². The summed E-state index contributed by atoms with van der Waals surface area (Å²) in [6.07, 6.45) is 0.144. The molecule has 0 bridgehead atoms. The predicted molar refractivity (Wildman–Crippen MR) is 61.7 cm³/mol. The van der Waals surface area contributed by atoms with Crippen LogP contribution in [-0.2, 0) is 14.4 Å². The molecule has 0 radical (unpaired) electrons. The van der Waals surface area contributed by atoms with E-state index in [-0.39, 0.29) is 38.1 Å². The zero-order chi connectivity index (χ0) is 14.0. The number of hydrogen-bond acceptors (Lipinski definition) is 4. The van der Waals surface area contributed by atoms with Gasteiger partial charge in [0.1, 0.15) is 0 Å². The molecule has 0 rings (SSSR count). The number of carboxylic acid groups (broad SMARTS) is 1. The molecule has 102 valence electrons. The SMILES string of the molecule is CNC(=O)CCNC(=O)NC(=O)CCCC(=O)O. The Morgan fingerprint density at radius 3 is 2.22 bits per heavy atom. The molecule has 0 aromatic carbocycles. The second-order valence-corrected chi connectivity index (χ2v) is 3.47. The molecule has 0 aromatic heterocycles. The van der Waals surface area contributed by atoms with Crippen molar-refractivity contribution >= 4 is 23.8 Å². The Morgan fingerprint density at radius 2 is 1.67 bits per heavy atom. The summed E-state index contributed by atoms with van der Waals surface area (Å²) in [5.74, 6) is -1.75. The lowest BCUT2D eigenvalue weighted by Crippen LogP contribution is -2.40. The maximum absolute atomic E-state index is 11.1. The van der Waals surface area contributed by atoms with E-state index in [1.54, 1.807) is 0 Å². The number of hydrogen-bond donors (Lipinski definition) is 4. The number of carbonyl (C=O) groups excluding carboxylic acids is 3. The summed E-state index contributed by atoms with van der Waals surface area (Å²) >= 11 is 0. The van der Waals surface area contributed by atoms with Gasteiger partial charge in [-0.3, -0.25) is 19.7 Å². The van der Waals surface area contributed by atoms with E-state index in [1.165, 1.54) is 7.05 Å². The molecular weight excluding hydrogens is 242 g/mol. The highest BCUT2D eigenvalue weighted by molar-refractivity contribution is 5.94. The molecule has 0 fully saturated rings. The number of nitrogens with one attached hydrogen (secondary N) is 3. The normalized spacial score (nSPS) is 9.39. The molecule has 0 saturated carbocycles. The first kappa shape index (κ1) is 15.9. The van der Waals surface area contributed by atoms with Gasteiger partial charge in [0.2, 0.25) is 11.8 Å². The van der Waals surface area contributed by atoms with Gasteiger partial charge in [-0.2, -0.15) is 0 Å². The van der Waals surface area contributed by atoms with Gasteiger partial charge >= 0.3 is 12.0 Å². The first-order chi connectivity index (χ1) is 8.45. The second-order valence-electron chi connectivity index (χ2n) is 3.47. The van der Waals surface area contributed by atoms with Crippen molar-refractivity contribution in [2.24, 2.45) is 0 Å². The summed E-state index contributed by atoms with van der Waals surface area (Å²) in [6, 6.07) is -0.695. The lowest BCUT2D eigenvalue weighted by Gasteiger charge is -2.05. The lowest BCUT2D eigenvalue weighted by atomic mass is 10.2. The van der Waals surface area contributed by atoms with Crippen LogP contribution in [0.25, 0.3) is 0 Å². The summed E-state index contributed by atoms with van der Waals surface area (Å²) in [5.41, 5.74) is 0. The van der Waals surface area contributed by atoms with Crippen LogP contribution in [-0.4, -0.2) is 42.5 Å². The summed E-state index contributed by atoms with van der Waals surface area (Å²) in [5, 5.41) is 15.1. The summed E-state index contributed by atoms with van der Waals surface area (Å²) in [6.45, 7) is 0.119. The molecule has 0 unspecified atom stereocenters. The van der Waals surface area contributed by atoms with Gasteiger partial charge < -0.3 is 15.7 Å². The van der Waals surface area contributed by atoms with Crippen LogP contribution in [0.1, 0.15) is 25.7 Å². The fourth-order valence-electron chi connectivity index (χ4n) is 1.05. The Bertz CT molecular complexity index is 329. The molecule has 0 aliphatic rings. The highest BCUT2D eigenvalue weighted by atomic mass is 16.4. The minimum atomic E-state index is -0.988. The Labute approximate surface area is 104 Å². The zero-order valence-corrected chi connectivity index (χ0v) is 10.1. The van der Waals surface area contributed by atoms with E-state index < -0.39 is 17.9 Å². The fraction of sp³-hybridized carbons (Fsp3) is 0.600. The van der Waals surface area contributed by atoms with Gasteiger partial charge in [-0.05, 0) is 6.42 Å². The molecule has 18 heavy (non-hydrogen) atoms. The Hall–Kier alpha value is -2.12. The van der Waals surface area contributed by atoms with Crippen LogP contribution in [0.2, 0.25) is 0 Å². The highest BCUT2D eigenvalue weighted by Crippen LogP contribution is 1.94. The topological polar surface area (TPSA) is 125 Å². The van der Waals surface area contributed by atoms with Crippen LogP contribution in [0.4, 0.5) is 4.79 Å². The number of amides is 4. The Kier molecular flexibility index (Phi) is 7.91. The van der Waals surface area contributed by atoms with E-state index in [0.29, 0.717) is 0 Å². The molecule has 0 spiro atoms. The van der Waals surface area contributed by atoms with Crippen molar-refractivity contribution in [2.45, 2.75) is 25.7 Å². The van der Waals surface area contributed by atoms with E-state index in [9.17, 15) is 19.2 Å². The maximum Gasteiger partial charge on any atom is 0.321 e. The van der Waals surface area contributed by atoms with Crippen LogP contribution < -0.4 is 16.0 Å².